The molecule has 0 aliphatic heterocycles. The predicted octanol–water partition coefficient (Wildman–Crippen LogP) is 1.49. The Hall–Kier alpha value is -1.78. The second kappa shape index (κ2) is 4.63. The molecule has 80 valence electrons. The zero-order valence-electron chi connectivity index (χ0n) is 7.92. The number of ether oxygens (including phenoxy) is 1. The Bertz CT molecular complexity index is 402. The quantitative estimate of drug-likeness (QED) is 0.565. The lowest BCUT2D eigenvalue weighted by atomic mass is 10.1. The highest BCUT2D eigenvalue weighted by Crippen LogP contribution is 2.14. The first-order chi connectivity index (χ1) is 7.08. The van der Waals surface area contributed by atoms with Gasteiger partial charge in [0.25, 0.3) is 0 Å². The van der Waals surface area contributed by atoms with Crippen LogP contribution in [0.1, 0.15) is 15.9 Å². The van der Waals surface area contributed by atoms with Gasteiger partial charge in [0.1, 0.15) is 11.6 Å². The minimum absolute atomic E-state index is 0.0645. The van der Waals surface area contributed by atoms with Gasteiger partial charge in [0.15, 0.2) is 6.29 Å². The highest BCUT2D eigenvalue weighted by Gasteiger charge is 2.12. The zero-order valence-corrected chi connectivity index (χ0v) is 7.92. The summed E-state index contributed by atoms with van der Waals surface area (Å²) in [6.07, 6.45) is -0.0704. The molecule has 0 spiro atoms. The standard InChI is InChI=1S/C10H8F2O3/c1-15-10(14)3-6-2-7(5-13)9(12)4-8(6)11/h2,4-5H,3H2,1H3. The highest BCUT2D eigenvalue weighted by molar-refractivity contribution is 5.77. The fraction of sp³-hybridized carbons (Fsp3) is 0.200. The maximum atomic E-state index is 13.1. The van der Waals surface area contributed by atoms with E-state index in [1.807, 2.05) is 0 Å². The Morgan fingerprint density at radius 1 is 1.40 bits per heavy atom. The molecule has 0 saturated heterocycles. The summed E-state index contributed by atoms with van der Waals surface area (Å²) < 4.78 is 30.3. The normalized spacial score (nSPS) is 9.80. The maximum absolute atomic E-state index is 13.1. The summed E-state index contributed by atoms with van der Waals surface area (Å²) in [5.41, 5.74) is -0.347. The van der Waals surface area contributed by atoms with Crippen molar-refractivity contribution in [3.63, 3.8) is 0 Å². The molecule has 1 aromatic rings. The lowest BCUT2D eigenvalue weighted by Gasteiger charge is -2.03. The summed E-state index contributed by atoms with van der Waals surface area (Å²) in [4.78, 5) is 21.2. The summed E-state index contributed by atoms with van der Waals surface area (Å²) in [7, 11) is 1.16. The molecule has 0 N–H and O–H groups in total. The monoisotopic (exact) mass is 214 g/mol. The third kappa shape index (κ3) is 2.59. The van der Waals surface area contributed by atoms with Crippen LogP contribution in [-0.4, -0.2) is 19.4 Å². The molecule has 0 atom stereocenters. The van der Waals surface area contributed by atoms with E-state index in [0.29, 0.717) is 6.07 Å². The summed E-state index contributed by atoms with van der Waals surface area (Å²) in [6, 6.07) is 1.57. The Kier molecular flexibility index (Phi) is 3.49. The summed E-state index contributed by atoms with van der Waals surface area (Å²) in [5.74, 6) is -2.48. The van der Waals surface area contributed by atoms with Gasteiger partial charge in [0.2, 0.25) is 0 Å². The number of esters is 1. The Balaban J connectivity index is 3.07. The van der Waals surface area contributed by atoms with E-state index in [4.69, 9.17) is 0 Å². The number of rotatable bonds is 3. The third-order valence-corrected chi connectivity index (χ3v) is 1.86. The van der Waals surface area contributed by atoms with E-state index in [1.165, 1.54) is 0 Å². The maximum Gasteiger partial charge on any atom is 0.310 e. The van der Waals surface area contributed by atoms with Gasteiger partial charge in [-0.05, 0) is 11.6 Å². The van der Waals surface area contributed by atoms with E-state index in [-0.39, 0.29) is 23.8 Å². The lowest BCUT2D eigenvalue weighted by molar-refractivity contribution is -0.139. The molecule has 5 heteroatoms. The van der Waals surface area contributed by atoms with Crippen LogP contribution in [0.2, 0.25) is 0 Å². The van der Waals surface area contributed by atoms with E-state index >= 15 is 0 Å². The van der Waals surface area contributed by atoms with Gasteiger partial charge >= 0.3 is 5.97 Å². The molecule has 3 nitrogen and oxygen atoms in total. The summed E-state index contributed by atoms with van der Waals surface area (Å²) >= 11 is 0. The van der Waals surface area contributed by atoms with Crippen molar-refractivity contribution in [2.24, 2.45) is 0 Å². The number of halogens is 2. The predicted molar refractivity (Wildman–Crippen MR) is 47.5 cm³/mol. The molecule has 0 heterocycles. The second-order valence-corrected chi connectivity index (χ2v) is 2.84. The van der Waals surface area contributed by atoms with Gasteiger partial charge in [-0.3, -0.25) is 9.59 Å². The van der Waals surface area contributed by atoms with Crippen LogP contribution in [0.3, 0.4) is 0 Å². The molecule has 0 aliphatic carbocycles. The van der Waals surface area contributed by atoms with Crippen molar-refractivity contribution in [3.8, 4) is 0 Å². The van der Waals surface area contributed by atoms with Crippen LogP contribution in [0.15, 0.2) is 12.1 Å². The Morgan fingerprint density at radius 2 is 2.07 bits per heavy atom. The Morgan fingerprint density at radius 3 is 2.60 bits per heavy atom. The van der Waals surface area contributed by atoms with Gasteiger partial charge in [0.05, 0.1) is 19.1 Å². The van der Waals surface area contributed by atoms with Crippen molar-refractivity contribution in [3.05, 3.63) is 34.9 Å². The number of hydrogen-bond donors (Lipinski definition) is 0. The fourth-order valence-corrected chi connectivity index (χ4v) is 1.07. The van der Waals surface area contributed by atoms with Crippen LogP contribution in [0, 0.1) is 11.6 Å². The highest BCUT2D eigenvalue weighted by atomic mass is 19.1. The molecule has 0 aromatic heterocycles. The van der Waals surface area contributed by atoms with E-state index in [0.717, 1.165) is 13.2 Å². The first kappa shape index (κ1) is 11.3. The first-order valence-corrected chi connectivity index (χ1v) is 4.08. The second-order valence-electron chi connectivity index (χ2n) is 2.84. The largest absolute Gasteiger partial charge is 0.469 e. The van der Waals surface area contributed by atoms with Gasteiger partial charge in [-0.25, -0.2) is 8.78 Å². The first-order valence-electron chi connectivity index (χ1n) is 4.08. The van der Waals surface area contributed by atoms with Crippen LogP contribution in [0.4, 0.5) is 8.78 Å². The third-order valence-electron chi connectivity index (χ3n) is 1.86. The number of methoxy groups -OCH3 is 1. The average Bonchev–Trinajstić information content (AvgIpc) is 2.21. The zero-order chi connectivity index (χ0) is 11.4. The van der Waals surface area contributed by atoms with Crippen molar-refractivity contribution in [1.29, 1.82) is 0 Å². The number of carbonyl (C=O) groups excluding carboxylic acids is 2. The van der Waals surface area contributed by atoms with Crippen molar-refractivity contribution in [1.82, 2.24) is 0 Å². The molecule has 0 saturated carbocycles. The molecule has 1 rings (SSSR count). The molecular formula is C10H8F2O3. The minimum atomic E-state index is -0.948. The topological polar surface area (TPSA) is 43.4 Å². The number of hydrogen-bond acceptors (Lipinski definition) is 3. The van der Waals surface area contributed by atoms with Crippen LogP contribution < -0.4 is 0 Å². The van der Waals surface area contributed by atoms with Gasteiger partial charge < -0.3 is 4.74 Å². The van der Waals surface area contributed by atoms with Crippen LogP contribution in [0.5, 0.6) is 0 Å². The number of benzene rings is 1. The van der Waals surface area contributed by atoms with Gasteiger partial charge in [-0.15, -0.1) is 0 Å². The molecule has 0 bridgehead atoms. The summed E-state index contributed by atoms with van der Waals surface area (Å²) in [6.45, 7) is 0. The fourth-order valence-electron chi connectivity index (χ4n) is 1.07. The molecule has 1 aromatic carbocycles. The van der Waals surface area contributed by atoms with Gasteiger partial charge in [-0.1, -0.05) is 0 Å². The number of aldehydes is 1. The molecule has 0 fully saturated rings. The summed E-state index contributed by atoms with van der Waals surface area (Å²) in [5, 5.41) is 0. The van der Waals surface area contributed by atoms with Crippen molar-refractivity contribution in [2.75, 3.05) is 7.11 Å². The van der Waals surface area contributed by atoms with Crippen LogP contribution in [-0.2, 0) is 16.0 Å². The van der Waals surface area contributed by atoms with Crippen LogP contribution in [0.25, 0.3) is 0 Å². The van der Waals surface area contributed by atoms with E-state index < -0.39 is 17.6 Å². The SMILES string of the molecule is COC(=O)Cc1cc(C=O)c(F)cc1F. The molecule has 15 heavy (non-hydrogen) atoms. The minimum Gasteiger partial charge on any atom is -0.469 e. The molecule has 0 unspecified atom stereocenters. The van der Waals surface area contributed by atoms with Gasteiger partial charge in [0, 0.05) is 6.07 Å². The molecule has 0 aliphatic rings. The van der Waals surface area contributed by atoms with Crippen molar-refractivity contribution >= 4 is 12.3 Å². The smallest absolute Gasteiger partial charge is 0.310 e. The van der Waals surface area contributed by atoms with E-state index in [1.54, 1.807) is 0 Å². The molecule has 0 radical (unpaired) electrons. The van der Waals surface area contributed by atoms with E-state index in [2.05, 4.69) is 4.74 Å². The molecular weight excluding hydrogens is 206 g/mol. The van der Waals surface area contributed by atoms with Crippen molar-refractivity contribution < 1.29 is 23.1 Å². The van der Waals surface area contributed by atoms with E-state index in [9.17, 15) is 18.4 Å². The Labute approximate surface area is 84.7 Å². The van der Waals surface area contributed by atoms with Gasteiger partial charge in [-0.2, -0.15) is 0 Å². The lowest BCUT2D eigenvalue weighted by Crippen LogP contribution is -2.07. The van der Waals surface area contributed by atoms with Crippen LogP contribution >= 0.6 is 0 Å². The molecule has 0 amide bonds. The average molecular weight is 214 g/mol. The number of carbonyl (C=O) groups is 2. The van der Waals surface area contributed by atoms with Crippen molar-refractivity contribution in [2.45, 2.75) is 6.42 Å².